The molecule has 1 aromatic heterocycles. The fraction of sp³-hybridized carbons (Fsp3) is 0.200. The summed E-state index contributed by atoms with van der Waals surface area (Å²) in [6.45, 7) is 3.90. The lowest BCUT2D eigenvalue weighted by Gasteiger charge is -2.19. The molecular formula is C20H22N4O. The number of para-hydroxylation sites is 1. The monoisotopic (exact) mass is 334 g/mol. The van der Waals surface area contributed by atoms with Crippen molar-refractivity contribution >= 4 is 17.3 Å². The van der Waals surface area contributed by atoms with Crippen molar-refractivity contribution < 1.29 is 5.11 Å². The Labute approximate surface area is 147 Å². The maximum absolute atomic E-state index is 9.95. The molecule has 0 saturated carbocycles. The maximum Gasteiger partial charge on any atom is 0.163 e. The molecule has 3 aromatic rings. The first kappa shape index (κ1) is 16.9. The molecule has 0 amide bonds. The Morgan fingerprint density at radius 1 is 0.880 bits per heavy atom. The van der Waals surface area contributed by atoms with Crippen molar-refractivity contribution in [1.82, 2.24) is 9.97 Å². The maximum atomic E-state index is 9.95. The Hall–Kier alpha value is -2.92. The van der Waals surface area contributed by atoms with Gasteiger partial charge < -0.3 is 15.7 Å². The first-order chi connectivity index (χ1) is 12.0. The van der Waals surface area contributed by atoms with Gasteiger partial charge in [0.25, 0.3) is 0 Å². The van der Waals surface area contributed by atoms with Gasteiger partial charge in [0.2, 0.25) is 0 Å². The van der Waals surface area contributed by atoms with Crippen LogP contribution in [0.4, 0.5) is 17.3 Å². The van der Waals surface area contributed by atoms with Gasteiger partial charge in [0.1, 0.15) is 11.6 Å². The molecule has 5 nitrogen and oxygen atoms in total. The molecule has 0 saturated heterocycles. The number of aliphatic hydroxyl groups is 1. The van der Waals surface area contributed by atoms with Gasteiger partial charge in [0, 0.05) is 23.9 Å². The Morgan fingerprint density at radius 2 is 1.48 bits per heavy atom. The molecule has 5 heteroatoms. The van der Waals surface area contributed by atoms with E-state index in [0.29, 0.717) is 24.0 Å². The highest BCUT2D eigenvalue weighted by molar-refractivity contribution is 5.65. The second-order valence-electron chi connectivity index (χ2n) is 6.49. The quantitative estimate of drug-likeness (QED) is 0.634. The molecule has 0 unspecified atom stereocenters. The topological polar surface area (TPSA) is 70.1 Å². The van der Waals surface area contributed by atoms with Crippen LogP contribution in [-0.2, 0) is 0 Å². The summed E-state index contributed by atoms with van der Waals surface area (Å²) < 4.78 is 0. The lowest BCUT2D eigenvalue weighted by molar-refractivity contribution is 0.0944. The Bertz CT molecular complexity index is 814. The largest absolute Gasteiger partial charge is 0.389 e. The molecule has 3 N–H and O–H groups in total. The van der Waals surface area contributed by atoms with Crippen LogP contribution in [0.5, 0.6) is 0 Å². The van der Waals surface area contributed by atoms with Crippen LogP contribution in [0.1, 0.15) is 13.8 Å². The van der Waals surface area contributed by atoms with Crippen LogP contribution in [-0.4, -0.2) is 27.2 Å². The first-order valence-corrected chi connectivity index (χ1v) is 8.22. The van der Waals surface area contributed by atoms with Crippen molar-refractivity contribution in [2.24, 2.45) is 0 Å². The zero-order chi connectivity index (χ0) is 17.7. The minimum atomic E-state index is -0.828. The number of aromatic nitrogens is 2. The van der Waals surface area contributed by atoms with Crippen LogP contribution in [0.3, 0.4) is 0 Å². The van der Waals surface area contributed by atoms with E-state index in [1.807, 2.05) is 66.7 Å². The molecule has 128 valence electrons. The third-order valence-corrected chi connectivity index (χ3v) is 3.51. The van der Waals surface area contributed by atoms with E-state index < -0.39 is 5.60 Å². The van der Waals surface area contributed by atoms with E-state index in [-0.39, 0.29) is 0 Å². The molecule has 25 heavy (non-hydrogen) atoms. The molecule has 0 aliphatic carbocycles. The Kier molecular flexibility index (Phi) is 4.95. The zero-order valence-electron chi connectivity index (χ0n) is 14.4. The van der Waals surface area contributed by atoms with Crippen LogP contribution in [0.2, 0.25) is 0 Å². The van der Waals surface area contributed by atoms with Crippen LogP contribution in [0.25, 0.3) is 11.4 Å². The highest BCUT2D eigenvalue weighted by atomic mass is 16.3. The van der Waals surface area contributed by atoms with E-state index in [0.717, 1.165) is 11.3 Å². The fourth-order valence-corrected chi connectivity index (χ4v) is 2.29. The molecule has 0 atom stereocenters. The average molecular weight is 334 g/mol. The molecule has 2 aromatic carbocycles. The normalized spacial score (nSPS) is 11.2. The summed E-state index contributed by atoms with van der Waals surface area (Å²) in [5.74, 6) is 1.98. The molecule has 1 heterocycles. The predicted molar refractivity (Wildman–Crippen MR) is 102 cm³/mol. The second kappa shape index (κ2) is 7.32. The Balaban J connectivity index is 1.93. The number of anilines is 3. The number of rotatable bonds is 6. The van der Waals surface area contributed by atoms with Crippen LogP contribution in [0.15, 0.2) is 66.7 Å². The third kappa shape index (κ3) is 5.02. The minimum Gasteiger partial charge on any atom is -0.389 e. The summed E-state index contributed by atoms with van der Waals surface area (Å²) in [5, 5.41) is 16.4. The molecule has 3 rings (SSSR count). The van der Waals surface area contributed by atoms with Gasteiger partial charge in [-0.05, 0) is 26.0 Å². The highest BCUT2D eigenvalue weighted by Crippen LogP contribution is 2.23. The summed E-state index contributed by atoms with van der Waals surface area (Å²) in [5.41, 5.74) is 1.06. The van der Waals surface area contributed by atoms with Crippen LogP contribution >= 0.6 is 0 Å². The van der Waals surface area contributed by atoms with E-state index in [4.69, 9.17) is 0 Å². The highest BCUT2D eigenvalue weighted by Gasteiger charge is 2.13. The van der Waals surface area contributed by atoms with Crippen molar-refractivity contribution in [3.63, 3.8) is 0 Å². The average Bonchev–Trinajstić information content (AvgIpc) is 2.61. The van der Waals surface area contributed by atoms with Gasteiger partial charge in [-0.3, -0.25) is 0 Å². The number of hydrogen-bond acceptors (Lipinski definition) is 5. The van der Waals surface area contributed by atoms with Gasteiger partial charge in [-0.2, -0.15) is 0 Å². The predicted octanol–water partition coefficient (Wildman–Crippen LogP) is 4.07. The van der Waals surface area contributed by atoms with Gasteiger partial charge in [0.05, 0.1) is 5.60 Å². The van der Waals surface area contributed by atoms with Gasteiger partial charge in [-0.25, -0.2) is 9.97 Å². The standard InChI is InChI=1S/C20H22N4O/c1-20(2,25)14-21-17-13-18(22-16-11-7-4-8-12-16)24-19(23-17)15-9-5-3-6-10-15/h3-13,25H,14H2,1-2H3,(H2,21,22,23,24). The Morgan fingerprint density at radius 3 is 2.12 bits per heavy atom. The summed E-state index contributed by atoms with van der Waals surface area (Å²) in [7, 11) is 0. The van der Waals surface area contributed by atoms with Crippen molar-refractivity contribution in [2.45, 2.75) is 19.4 Å². The van der Waals surface area contributed by atoms with Crippen molar-refractivity contribution in [3.8, 4) is 11.4 Å². The van der Waals surface area contributed by atoms with E-state index >= 15 is 0 Å². The van der Waals surface area contributed by atoms with E-state index in [1.54, 1.807) is 13.8 Å². The van der Waals surface area contributed by atoms with E-state index in [9.17, 15) is 5.11 Å². The van der Waals surface area contributed by atoms with E-state index in [1.165, 1.54) is 0 Å². The first-order valence-electron chi connectivity index (χ1n) is 8.22. The van der Waals surface area contributed by atoms with Gasteiger partial charge in [-0.1, -0.05) is 48.5 Å². The van der Waals surface area contributed by atoms with Gasteiger partial charge in [0.15, 0.2) is 5.82 Å². The summed E-state index contributed by atoms with van der Waals surface area (Å²) in [6, 6.07) is 21.5. The summed E-state index contributed by atoms with van der Waals surface area (Å²) >= 11 is 0. The summed E-state index contributed by atoms with van der Waals surface area (Å²) in [6.07, 6.45) is 0. The molecule has 0 spiro atoms. The smallest absolute Gasteiger partial charge is 0.163 e. The lowest BCUT2D eigenvalue weighted by Crippen LogP contribution is -2.29. The van der Waals surface area contributed by atoms with Gasteiger partial charge in [-0.15, -0.1) is 0 Å². The third-order valence-electron chi connectivity index (χ3n) is 3.51. The zero-order valence-corrected chi connectivity index (χ0v) is 14.4. The molecule has 0 aliphatic heterocycles. The molecule has 0 aliphatic rings. The molecule has 0 fully saturated rings. The molecule has 0 radical (unpaired) electrons. The van der Waals surface area contributed by atoms with Crippen molar-refractivity contribution in [3.05, 3.63) is 66.7 Å². The SMILES string of the molecule is CC(C)(O)CNc1cc(Nc2ccccc2)nc(-c2ccccc2)n1. The van der Waals surface area contributed by atoms with E-state index in [2.05, 4.69) is 20.6 Å². The lowest BCUT2D eigenvalue weighted by atomic mass is 10.1. The van der Waals surface area contributed by atoms with Crippen molar-refractivity contribution in [2.75, 3.05) is 17.2 Å². The van der Waals surface area contributed by atoms with Crippen LogP contribution in [0, 0.1) is 0 Å². The van der Waals surface area contributed by atoms with Crippen LogP contribution < -0.4 is 10.6 Å². The number of nitrogens with zero attached hydrogens (tertiary/aromatic N) is 2. The van der Waals surface area contributed by atoms with Gasteiger partial charge >= 0.3 is 0 Å². The number of benzene rings is 2. The fourth-order valence-electron chi connectivity index (χ4n) is 2.29. The number of hydrogen-bond donors (Lipinski definition) is 3. The molecular weight excluding hydrogens is 312 g/mol. The summed E-state index contributed by atoms with van der Waals surface area (Å²) in [4.78, 5) is 9.19. The van der Waals surface area contributed by atoms with Crippen molar-refractivity contribution in [1.29, 1.82) is 0 Å². The second-order valence-corrected chi connectivity index (χ2v) is 6.49. The molecule has 0 bridgehead atoms. The minimum absolute atomic E-state index is 0.392. The number of nitrogens with one attached hydrogen (secondary N) is 2.